The first-order valence-electron chi connectivity index (χ1n) is 4.40. The van der Waals surface area contributed by atoms with Gasteiger partial charge >= 0.3 is 0 Å². The Labute approximate surface area is 75.1 Å². The second-order valence-corrected chi connectivity index (χ2v) is 3.80. The number of Topliss-reactive ketones (excluding diaryl/α,β-unsaturated/α-hetero) is 1. The number of hydrogen-bond acceptors (Lipinski definition) is 4. The quantitative estimate of drug-likeness (QED) is 0.509. The van der Waals surface area contributed by atoms with Crippen LogP contribution in [-0.2, 0) is 14.3 Å². The van der Waals surface area contributed by atoms with Crippen molar-refractivity contribution in [3.63, 3.8) is 0 Å². The van der Waals surface area contributed by atoms with E-state index >= 15 is 0 Å². The second kappa shape index (κ2) is 2.20. The molecule has 2 bridgehead atoms. The Morgan fingerprint density at radius 2 is 2.46 bits per heavy atom. The summed E-state index contributed by atoms with van der Waals surface area (Å²) in [4.78, 5) is 11.3. The molecule has 2 fully saturated rings. The van der Waals surface area contributed by atoms with Gasteiger partial charge in [-0.2, -0.15) is 0 Å². The van der Waals surface area contributed by atoms with Crippen LogP contribution in [0.5, 0.6) is 0 Å². The lowest BCUT2D eigenvalue weighted by Crippen LogP contribution is -2.52. The van der Waals surface area contributed by atoms with Crippen LogP contribution >= 0.6 is 0 Å². The number of carbonyl (C=O) groups excluding carboxylic acids is 1. The van der Waals surface area contributed by atoms with Gasteiger partial charge < -0.3 is 14.6 Å². The lowest BCUT2D eigenvalue weighted by atomic mass is 9.89. The van der Waals surface area contributed by atoms with Crippen LogP contribution in [0.15, 0.2) is 11.6 Å². The van der Waals surface area contributed by atoms with Gasteiger partial charge in [0.05, 0.1) is 19.3 Å². The van der Waals surface area contributed by atoms with Gasteiger partial charge in [-0.1, -0.05) is 0 Å². The van der Waals surface area contributed by atoms with E-state index in [2.05, 4.69) is 0 Å². The van der Waals surface area contributed by atoms with E-state index in [1.165, 1.54) is 0 Å². The van der Waals surface area contributed by atoms with Crippen molar-refractivity contribution in [2.24, 2.45) is 0 Å². The maximum Gasteiger partial charge on any atom is 0.168 e. The monoisotopic (exact) mass is 182 g/mol. The molecule has 3 rings (SSSR count). The van der Waals surface area contributed by atoms with Gasteiger partial charge in [0.1, 0.15) is 11.7 Å². The molecule has 2 saturated heterocycles. The van der Waals surface area contributed by atoms with E-state index in [0.717, 1.165) is 5.57 Å². The van der Waals surface area contributed by atoms with Gasteiger partial charge in [0, 0.05) is 6.42 Å². The highest BCUT2D eigenvalue weighted by atomic mass is 16.6. The Morgan fingerprint density at radius 1 is 1.62 bits per heavy atom. The number of ketones is 1. The SMILES string of the molecule is O=C1C[C@H](O)[C@]23COCC2=C[C@H]1O3. The highest BCUT2D eigenvalue weighted by Gasteiger charge is 2.57. The van der Waals surface area contributed by atoms with Gasteiger partial charge in [0.25, 0.3) is 0 Å². The molecule has 70 valence electrons. The van der Waals surface area contributed by atoms with Crippen LogP contribution in [0, 0.1) is 0 Å². The summed E-state index contributed by atoms with van der Waals surface area (Å²) in [7, 11) is 0. The van der Waals surface area contributed by atoms with E-state index in [1.807, 2.05) is 0 Å². The fourth-order valence-electron chi connectivity index (χ4n) is 2.29. The van der Waals surface area contributed by atoms with Crippen LogP contribution < -0.4 is 0 Å². The number of rotatable bonds is 0. The second-order valence-electron chi connectivity index (χ2n) is 3.80. The van der Waals surface area contributed by atoms with Crippen molar-refractivity contribution in [2.75, 3.05) is 13.2 Å². The van der Waals surface area contributed by atoms with Crippen molar-refractivity contribution in [1.29, 1.82) is 0 Å². The summed E-state index contributed by atoms with van der Waals surface area (Å²) in [6, 6.07) is 0. The molecular weight excluding hydrogens is 172 g/mol. The number of aliphatic hydroxyl groups is 1. The molecule has 3 heterocycles. The zero-order valence-electron chi connectivity index (χ0n) is 7.03. The molecule has 3 aliphatic rings. The van der Waals surface area contributed by atoms with Crippen LogP contribution in [0.2, 0.25) is 0 Å². The van der Waals surface area contributed by atoms with Gasteiger partial charge in [-0.25, -0.2) is 0 Å². The summed E-state index contributed by atoms with van der Waals surface area (Å²) < 4.78 is 10.7. The number of fused-ring (bicyclic) bond motifs is 1. The van der Waals surface area contributed by atoms with E-state index in [0.29, 0.717) is 13.2 Å². The number of aliphatic hydroxyl groups excluding tert-OH is 1. The van der Waals surface area contributed by atoms with Gasteiger partial charge in [-0.15, -0.1) is 0 Å². The van der Waals surface area contributed by atoms with E-state index in [1.54, 1.807) is 6.08 Å². The molecule has 4 nitrogen and oxygen atoms in total. The molecule has 3 aliphatic heterocycles. The van der Waals surface area contributed by atoms with E-state index < -0.39 is 17.8 Å². The molecule has 13 heavy (non-hydrogen) atoms. The van der Waals surface area contributed by atoms with Crippen molar-refractivity contribution in [1.82, 2.24) is 0 Å². The molecule has 0 radical (unpaired) electrons. The highest BCUT2D eigenvalue weighted by Crippen LogP contribution is 2.43. The van der Waals surface area contributed by atoms with E-state index in [9.17, 15) is 9.90 Å². The third kappa shape index (κ3) is 0.782. The maximum absolute atomic E-state index is 11.3. The number of hydrogen-bond donors (Lipinski definition) is 1. The Hall–Kier alpha value is -0.710. The minimum Gasteiger partial charge on any atom is -0.389 e. The van der Waals surface area contributed by atoms with E-state index in [4.69, 9.17) is 9.47 Å². The zero-order chi connectivity index (χ0) is 9.05. The maximum atomic E-state index is 11.3. The average molecular weight is 182 g/mol. The molecule has 0 aromatic heterocycles. The summed E-state index contributed by atoms with van der Waals surface area (Å²) in [6.07, 6.45) is 0.828. The molecule has 0 unspecified atom stereocenters. The summed E-state index contributed by atoms with van der Waals surface area (Å²) in [6.45, 7) is 0.866. The zero-order valence-corrected chi connectivity index (χ0v) is 7.03. The Bertz CT molecular complexity index is 309. The van der Waals surface area contributed by atoms with Crippen molar-refractivity contribution in [3.05, 3.63) is 11.6 Å². The molecule has 3 atom stereocenters. The lowest BCUT2D eigenvalue weighted by molar-refractivity contribution is -0.167. The molecule has 0 aliphatic carbocycles. The minimum atomic E-state index is -0.729. The lowest BCUT2D eigenvalue weighted by Gasteiger charge is -2.35. The van der Waals surface area contributed by atoms with Gasteiger partial charge in [0.15, 0.2) is 5.78 Å². The van der Waals surface area contributed by atoms with Crippen molar-refractivity contribution in [3.8, 4) is 0 Å². The molecular formula is C9H10O4. The van der Waals surface area contributed by atoms with Gasteiger partial charge in [-0.3, -0.25) is 4.79 Å². The van der Waals surface area contributed by atoms with Crippen LogP contribution in [0.1, 0.15) is 6.42 Å². The molecule has 4 heteroatoms. The summed E-state index contributed by atoms with van der Waals surface area (Å²) in [5, 5.41) is 9.76. The van der Waals surface area contributed by atoms with Crippen molar-refractivity contribution in [2.45, 2.75) is 24.2 Å². The molecule has 1 spiro atoms. The molecule has 0 aromatic rings. The fraction of sp³-hybridized carbons (Fsp3) is 0.667. The smallest absolute Gasteiger partial charge is 0.168 e. The molecule has 0 amide bonds. The first-order valence-corrected chi connectivity index (χ1v) is 4.40. The number of ether oxygens (including phenoxy) is 2. The highest BCUT2D eigenvalue weighted by molar-refractivity contribution is 5.88. The molecule has 0 saturated carbocycles. The first-order chi connectivity index (χ1) is 6.22. The van der Waals surface area contributed by atoms with Crippen LogP contribution in [0.25, 0.3) is 0 Å². The summed E-state index contributed by atoms with van der Waals surface area (Å²) >= 11 is 0. The standard InChI is InChI=1S/C9H10O4/c10-6-2-8(11)9-4-12-3-5(9)1-7(6)13-9/h1,7-8,11H,2-4H2/t7-,8+,9+/m1/s1. The van der Waals surface area contributed by atoms with Crippen LogP contribution in [-0.4, -0.2) is 41.9 Å². The van der Waals surface area contributed by atoms with Crippen molar-refractivity contribution < 1.29 is 19.4 Å². The summed E-state index contributed by atoms with van der Waals surface area (Å²) in [5.74, 6) is -0.0278. The predicted octanol–water partition coefficient (Wildman–Crippen LogP) is -0.586. The fourth-order valence-corrected chi connectivity index (χ4v) is 2.29. The Kier molecular flexibility index (Phi) is 1.30. The molecule has 0 aromatic carbocycles. The van der Waals surface area contributed by atoms with Gasteiger partial charge in [-0.05, 0) is 11.6 Å². The largest absolute Gasteiger partial charge is 0.389 e. The normalized spacial score (nSPS) is 47.8. The predicted molar refractivity (Wildman–Crippen MR) is 42.1 cm³/mol. The minimum absolute atomic E-state index is 0.0278. The van der Waals surface area contributed by atoms with Crippen LogP contribution in [0.4, 0.5) is 0 Å². The van der Waals surface area contributed by atoms with E-state index in [-0.39, 0.29) is 12.2 Å². The van der Waals surface area contributed by atoms with Crippen molar-refractivity contribution >= 4 is 5.78 Å². The average Bonchev–Trinajstić information content (AvgIpc) is 2.54. The third-order valence-corrected chi connectivity index (χ3v) is 3.06. The topological polar surface area (TPSA) is 55.8 Å². The van der Waals surface area contributed by atoms with Crippen LogP contribution in [0.3, 0.4) is 0 Å². The number of carbonyl (C=O) groups is 1. The van der Waals surface area contributed by atoms with Gasteiger partial charge in [0.2, 0.25) is 0 Å². The summed E-state index contributed by atoms with van der Waals surface area (Å²) in [5.41, 5.74) is 0.259. The Balaban J connectivity index is 2.08. The molecule has 1 N–H and O–H groups in total. The Morgan fingerprint density at radius 3 is 3.31 bits per heavy atom. The first kappa shape index (κ1) is 7.67. The third-order valence-electron chi connectivity index (χ3n) is 3.06.